The molecule has 1 aliphatic heterocycles. The van der Waals surface area contributed by atoms with E-state index in [9.17, 15) is 9.18 Å². The monoisotopic (exact) mass is 438 g/mol. The first-order chi connectivity index (χ1) is 14.7. The fourth-order valence-corrected chi connectivity index (χ4v) is 4.60. The number of amidine groups is 1. The summed E-state index contributed by atoms with van der Waals surface area (Å²) < 4.78 is 18.4. The number of hydrogen-bond acceptors (Lipinski definition) is 5. The number of benzene rings is 2. The van der Waals surface area contributed by atoms with Crippen LogP contribution in [0.4, 0.5) is 4.39 Å². The van der Waals surface area contributed by atoms with Crippen LogP contribution in [0.15, 0.2) is 87.3 Å². The van der Waals surface area contributed by atoms with Crippen molar-refractivity contribution in [2.24, 2.45) is 4.99 Å². The number of thioether (sulfide) groups is 2. The van der Waals surface area contributed by atoms with Crippen molar-refractivity contribution in [1.82, 2.24) is 5.32 Å². The van der Waals surface area contributed by atoms with Gasteiger partial charge >= 0.3 is 0 Å². The van der Waals surface area contributed by atoms with Gasteiger partial charge in [-0.25, -0.2) is 4.39 Å². The van der Waals surface area contributed by atoms with Gasteiger partial charge in [-0.1, -0.05) is 36.0 Å². The molecule has 0 radical (unpaired) electrons. The number of halogens is 1. The summed E-state index contributed by atoms with van der Waals surface area (Å²) in [6, 6.07) is 18.1. The number of nitrogens with one attached hydrogen (secondary N) is 1. The van der Waals surface area contributed by atoms with Gasteiger partial charge in [0.25, 0.3) is 0 Å². The van der Waals surface area contributed by atoms with Crippen molar-refractivity contribution in [1.29, 1.82) is 0 Å². The summed E-state index contributed by atoms with van der Waals surface area (Å²) in [5, 5.41) is 3.39. The quantitative estimate of drug-likeness (QED) is 0.397. The minimum atomic E-state index is -0.267. The molecule has 152 valence electrons. The lowest BCUT2D eigenvalue weighted by Crippen LogP contribution is -2.25. The molecule has 30 heavy (non-hydrogen) atoms. The van der Waals surface area contributed by atoms with Gasteiger partial charge in [-0.15, -0.1) is 11.8 Å². The van der Waals surface area contributed by atoms with E-state index < -0.39 is 0 Å². The fraction of sp³-hybridized carbons (Fsp3) is 0.130. The Balaban J connectivity index is 1.28. The van der Waals surface area contributed by atoms with Crippen LogP contribution >= 0.6 is 23.5 Å². The normalized spacial score (nSPS) is 16.0. The SMILES string of the molecule is O=C(/C=C/c1ccc(SCc2ccco2)cc1)NC1=NC(c2ccc(F)cc2)CS1. The lowest BCUT2D eigenvalue weighted by molar-refractivity contribution is -0.115. The van der Waals surface area contributed by atoms with E-state index in [-0.39, 0.29) is 17.8 Å². The Bertz CT molecular complexity index is 1050. The molecule has 4 rings (SSSR count). The van der Waals surface area contributed by atoms with Crippen LogP contribution in [-0.2, 0) is 10.5 Å². The molecule has 0 aliphatic carbocycles. The highest BCUT2D eigenvalue weighted by Gasteiger charge is 2.20. The standard InChI is InChI=1S/C23H19FN2O2S2/c24-18-8-6-17(7-9-18)21-15-30-23(25-21)26-22(27)12-5-16-3-10-20(11-4-16)29-14-19-2-1-13-28-19/h1-13,21H,14-15H2,(H,25,26,27)/b12-5+. The number of nitrogens with zero attached hydrogens (tertiary/aromatic N) is 1. The number of hydrogen-bond donors (Lipinski definition) is 1. The van der Waals surface area contributed by atoms with Gasteiger partial charge in [-0.2, -0.15) is 0 Å². The van der Waals surface area contributed by atoms with Gasteiger partial charge in [-0.3, -0.25) is 9.79 Å². The van der Waals surface area contributed by atoms with Crippen LogP contribution in [0.1, 0.15) is 22.9 Å². The molecule has 3 aromatic rings. The maximum Gasteiger partial charge on any atom is 0.249 e. The highest BCUT2D eigenvalue weighted by molar-refractivity contribution is 8.14. The maximum atomic E-state index is 13.1. The van der Waals surface area contributed by atoms with E-state index in [0.29, 0.717) is 5.17 Å². The molecule has 0 spiro atoms. The Labute approximate surface area is 182 Å². The summed E-state index contributed by atoms with van der Waals surface area (Å²) >= 11 is 3.18. The van der Waals surface area contributed by atoms with E-state index >= 15 is 0 Å². The second-order valence-corrected chi connectivity index (χ2v) is 8.63. The van der Waals surface area contributed by atoms with Crippen LogP contribution in [0.25, 0.3) is 6.08 Å². The van der Waals surface area contributed by atoms with Crippen molar-refractivity contribution in [2.45, 2.75) is 16.7 Å². The van der Waals surface area contributed by atoms with Crippen LogP contribution in [0.2, 0.25) is 0 Å². The molecule has 2 heterocycles. The fourth-order valence-electron chi connectivity index (χ4n) is 2.84. The molecule has 0 saturated heterocycles. The molecule has 7 heteroatoms. The van der Waals surface area contributed by atoms with Crippen molar-refractivity contribution >= 4 is 40.7 Å². The van der Waals surface area contributed by atoms with E-state index in [1.165, 1.54) is 30.0 Å². The van der Waals surface area contributed by atoms with Crippen molar-refractivity contribution in [2.75, 3.05) is 5.75 Å². The molecule has 1 atom stereocenters. The van der Waals surface area contributed by atoms with Gasteiger partial charge in [0, 0.05) is 16.7 Å². The minimum absolute atomic E-state index is 0.0684. The zero-order valence-electron chi connectivity index (χ0n) is 16.0. The predicted molar refractivity (Wildman–Crippen MR) is 121 cm³/mol. The zero-order chi connectivity index (χ0) is 20.8. The van der Waals surface area contributed by atoms with E-state index in [0.717, 1.165) is 33.3 Å². The second-order valence-electron chi connectivity index (χ2n) is 6.57. The summed E-state index contributed by atoms with van der Waals surface area (Å²) in [6.07, 6.45) is 4.95. The highest BCUT2D eigenvalue weighted by Crippen LogP contribution is 2.29. The first-order valence-electron chi connectivity index (χ1n) is 9.36. The largest absolute Gasteiger partial charge is 0.468 e. The number of amides is 1. The second kappa shape index (κ2) is 9.82. The summed E-state index contributed by atoms with van der Waals surface area (Å²) in [5.74, 6) is 1.95. The van der Waals surface area contributed by atoms with Crippen molar-refractivity contribution in [3.63, 3.8) is 0 Å². The highest BCUT2D eigenvalue weighted by atomic mass is 32.2. The van der Waals surface area contributed by atoms with Gasteiger partial charge in [0.1, 0.15) is 11.6 Å². The lowest BCUT2D eigenvalue weighted by Gasteiger charge is -2.04. The van der Waals surface area contributed by atoms with Crippen molar-refractivity contribution in [3.05, 3.63) is 95.7 Å². The van der Waals surface area contributed by atoms with E-state index in [1.54, 1.807) is 36.2 Å². The third kappa shape index (κ3) is 5.64. The Morgan fingerprint density at radius 1 is 1.20 bits per heavy atom. The van der Waals surface area contributed by atoms with Crippen molar-refractivity contribution in [3.8, 4) is 0 Å². The maximum absolute atomic E-state index is 13.1. The van der Waals surface area contributed by atoms with Crippen molar-refractivity contribution < 1.29 is 13.6 Å². The Hall–Kier alpha value is -2.77. The number of rotatable bonds is 6. The van der Waals surface area contributed by atoms with Gasteiger partial charge in [0.15, 0.2) is 5.17 Å². The average Bonchev–Trinajstić information content (AvgIpc) is 3.44. The van der Waals surface area contributed by atoms with Gasteiger partial charge in [-0.05, 0) is 53.6 Å². The van der Waals surface area contributed by atoms with E-state index in [1.807, 2.05) is 36.4 Å². The molecule has 0 bridgehead atoms. The summed E-state index contributed by atoms with van der Waals surface area (Å²) in [5.41, 5.74) is 1.88. The van der Waals surface area contributed by atoms with Gasteiger partial charge < -0.3 is 9.73 Å². The van der Waals surface area contributed by atoms with Crippen LogP contribution in [0, 0.1) is 5.82 Å². The Morgan fingerprint density at radius 2 is 2.00 bits per heavy atom. The smallest absolute Gasteiger partial charge is 0.249 e. The third-order valence-corrected chi connectivity index (χ3v) is 6.40. The predicted octanol–water partition coefficient (Wildman–Crippen LogP) is 5.68. The Morgan fingerprint density at radius 3 is 2.73 bits per heavy atom. The summed E-state index contributed by atoms with van der Waals surface area (Å²) in [4.78, 5) is 17.9. The summed E-state index contributed by atoms with van der Waals surface area (Å²) in [7, 11) is 0. The molecule has 1 amide bonds. The molecule has 1 aliphatic rings. The molecular weight excluding hydrogens is 419 g/mol. The van der Waals surface area contributed by atoms with Gasteiger partial charge in [0.05, 0.1) is 18.1 Å². The summed E-state index contributed by atoms with van der Waals surface area (Å²) in [6.45, 7) is 0. The molecule has 1 unspecified atom stereocenters. The molecular formula is C23H19FN2O2S2. The van der Waals surface area contributed by atoms with E-state index in [2.05, 4.69) is 10.3 Å². The first kappa shape index (κ1) is 20.5. The molecule has 4 nitrogen and oxygen atoms in total. The molecule has 1 aromatic heterocycles. The number of carbonyl (C=O) groups is 1. The van der Waals surface area contributed by atoms with Crippen LogP contribution < -0.4 is 5.32 Å². The molecule has 2 aromatic carbocycles. The topological polar surface area (TPSA) is 54.6 Å². The minimum Gasteiger partial charge on any atom is -0.468 e. The third-order valence-electron chi connectivity index (χ3n) is 4.40. The van der Waals surface area contributed by atoms with Crippen LogP contribution in [0.3, 0.4) is 0 Å². The van der Waals surface area contributed by atoms with Crippen LogP contribution in [-0.4, -0.2) is 16.8 Å². The number of aliphatic imine (C=N–C) groups is 1. The Kier molecular flexibility index (Phi) is 6.71. The zero-order valence-corrected chi connectivity index (χ0v) is 17.6. The number of carbonyl (C=O) groups excluding carboxylic acids is 1. The average molecular weight is 439 g/mol. The molecule has 0 saturated carbocycles. The molecule has 1 N–H and O–H groups in total. The van der Waals surface area contributed by atoms with Crippen LogP contribution in [0.5, 0.6) is 0 Å². The molecule has 0 fully saturated rings. The number of furan rings is 1. The first-order valence-corrected chi connectivity index (χ1v) is 11.3. The lowest BCUT2D eigenvalue weighted by atomic mass is 10.1. The van der Waals surface area contributed by atoms with E-state index in [4.69, 9.17) is 4.42 Å². The van der Waals surface area contributed by atoms with Gasteiger partial charge in [0.2, 0.25) is 5.91 Å².